The summed E-state index contributed by atoms with van der Waals surface area (Å²) in [5.74, 6) is -0.0426. The first-order valence-electron chi connectivity index (χ1n) is 6.83. The number of benzene rings is 1. The third-order valence-corrected chi connectivity index (χ3v) is 3.49. The van der Waals surface area contributed by atoms with E-state index in [9.17, 15) is 9.59 Å². The number of likely N-dealkylation sites (N-methyl/N-ethyl adjacent to an activating group) is 1. The third-order valence-electron chi connectivity index (χ3n) is 2.97. The second kappa shape index (κ2) is 9.39. The highest BCUT2D eigenvalue weighted by atomic mass is 79.9. The van der Waals surface area contributed by atoms with Crippen LogP contribution in [0.1, 0.15) is 25.7 Å². The first-order valence-corrected chi connectivity index (χ1v) is 7.62. The van der Waals surface area contributed by atoms with Crippen molar-refractivity contribution in [3.63, 3.8) is 0 Å². The molecule has 0 aromatic heterocycles. The van der Waals surface area contributed by atoms with Crippen LogP contribution in [-0.4, -0.2) is 42.1 Å². The smallest absolute Gasteiger partial charge is 0.303 e. The van der Waals surface area contributed by atoms with E-state index in [-0.39, 0.29) is 12.3 Å². The Labute approximate surface area is 133 Å². The van der Waals surface area contributed by atoms with Crippen molar-refractivity contribution in [2.45, 2.75) is 25.7 Å². The molecule has 0 heterocycles. The first-order chi connectivity index (χ1) is 9.99. The van der Waals surface area contributed by atoms with Crippen LogP contribution < -0.4 is 4.74 Å². The summed E-state index contributed by atoms with van der Waals surface area (Å²) in [7, 11) is 1.73. The Morgan fingerprint density at radius 2 is 1.81 bits per heavy atom. The summed E-state index contributed by atoms with van der Waals surface area (Å²) in [5, 5.41) is 8.51. The molecule has 1 N–H and O–H groups in total. The van der Waals surface area contributed by atoms with Gasteiger partial charge in [-0.15, -0.1) is 0 Å². The number of carbonyl (C=O) groups is 2. The molecule has 0 spiro atoms. The van der Waals surface area contributed by atoms with E-state index in [2.05, 4.69) is 15.9 Å². The van der Waals surface area contributed by atoms with Gasteiger partial charge in [-0.05, 0) is 37.1 Å². The molecule has 6 heteroatoms. The van der Waals surface area contributed by atoms with Gasteiger partial charge in [0.05, 0.1) is 6.54 Å². The molecule has 0 aliphatic rings. The van der Waals surface area contributed by atoms with Crippen LogP contribution in [0, 0.1) is 0 Å². The quantitative estimate of drug-likeness (QED) is 0.690. The highest BCUT2D eigenvalue weighted by molar-refractivity contribution is 9.10. The van der Waals surface area contributed by atoms with E-state index in [1.54, 1.807) is 11.9 Å². The number of aliphatic carboxylic acids is 1. The Bertz CT molecular complexity index is 461. The molecule has 5 nitrogen and oxygen atoms in total. The summed E-state index contributed by atoms with van der Waals surface area (Å²) < 4.78 is 6.54. The lowest BCUT2D eigenvalue weighted by Crippen LogP contribution is -2.30. The number of unbranched alkanes of at least 4 members (excludes halogenated alkanes) is 1. The number of carboxylic acids is 1. The number of rotatable bonds is 9. The van der Waals surface area contributed by atoms with Crippen molar-refractivity contribution in [1.82, 2.24) is 4.90 Å². The zero-order chi connectivity index (χ0) is 15.7. The monoisotopic (exact) mass is 357 g/mol. The topological polar surface area (TPSA) is 66.8 Å². The lowest BCUT2D eigenvalue weighted by molar-refractivity contribution is -0.137. The fourth-order valence-corrected chi connectivity index (χ4v) is 1.96. The lowest BCUT2D eigenvalue weighted by Gasteiger charge is -2.17. The predicted octanol–water partition coefficient (Wildman–Crippen LogP) is 2.93. The van der Waals surface area contributed by atoms with E-state index in [4.69, 9.17) is 9.84 Å². The van der Waals surface area contributed by atoms with Gasteiger partial charge in [0, 0.05) is 24.4 Å². The molecule has 0 saturated carbocycles. The summed E-state index contributed by atoms with van der Waals surface area (Å²) in [6.45, 7) is 0.937. The summed E-state index contributed by atoms with van der Waals surface area (Å²) in [6, 6.07) is 7.51. The zero-order valence-corrected chi connectivity index (χ0v) is 13.6. The number of hydrogen-bond acceptors (Lipinski definition) is 3. The molecule has 0 saturated heterocycles. The molecule has 0 unspecified atom stereocenters. The summed E-state index contributed by atoms with van der Waals surface area (Å²) in [6.07, 6.45) is 1.62. The summed E-state index contributed by atoms with van der Waals surface area (Å²) in [5.41, 5.74) is 0. The van der Waals surface area contributed by atoms with Crippen molar-refractivity contribution < 1.29 is 19.4 Å². The first kappa shape index (κ1) is 17.5. The van der Waals surface area contributed by atoms with Crippen LogP contribution in [-0.2, 0) is 9.59 Å². The third kappa shape index (κ3) is 7.70. The van der Waals surface area contributed by atoms with Gasteiger partial charge in [-0.2, -0.15) is 0 Å². The minimum absolute atomic E-state index is 0.0137. The van der Waals surface area contributed by atoms with Gasteiger partial charge in [0.15, 0.2) is 0 Å². The highest BCUT2D eigenvalue weighted by Gasteiger charge is 2.08. The predicted molar refractivity (Wildman–Crippen MR) is 83.4 cm³/mol. The van der Waals surface area contributed by atoms with Crippen LogP contribution in [0.15, 0.2) is 28.7 Å². The van der Waals surface area contributed by atoms with Crippen LogP contribution in [0.4, 0.5) is 0 Å². The Morgan fingerprint density at radius 1 is 1.19 bits per heavy atom. The fourth-order valence-electron chi connectivity index (χ4n) is 1.70. The average molecular weight is 358 g/mol. The Kier molecular flexibility index (Phi) is 7.82. The van der Waals surface area contributed by atoms with Crippen LogP contribution in [0.25, 0.3) is 0 Å². The Hall–Kier alpha value is -1.56. The molecule has 0 bridgehead atoms. The number of ether oxygens (including phenoxy) is 1. The van der Waals surface area contributed by atoms with Crippen molar-refractivity contribution in [2.75, 3.05) is 20.2 Å². The fraction of sp³-hybridized carbons (Fsp3) is 0.467. The SMILES string of the molecule is CN(CCOc1ccc(Br)cc1)C(=O)CCCCC(=O)O. The molecule has 21 heavy (non-hydrogen) atoms. The number of amides is 1. The number of halogens is 1. The minimum Gasteiger partial charge on any atom is -0.492 e. The minimum atomic E-state index is -0.821. The van der Waals surface area contributed by atoms with Gasteiger partial charge in [-0.25, -0.2) is 0 Å². The maximum atomic E-state index is 11.8. The van der Waals surface area contributed by atoms with Crippen molar-refractivity contribution >= 4 is 27.8 Å². The molecule has 0 aliphatic carbocycles. The van der Waals surface area contributed by atoms with Gasteiger partial charge >= 0.3 is 5.97 Å². The van der Waals surface area contributed by atoms with E-state index in [0.29, 0.717) is 32.4 Å². The number of nitrogens with zero attached hydrogens (tertiary/aromatic N) is 1. The van der Waals surface area contributed by atoms with E-state index < -0.39 is 5.97 Å². The zero-order valence-electron chi connectivity index (χ0n) is 12.0. The molecular weight excluding hydrogens is 338 g/mol. The average Bonchev–Trinajstić information content (AvgIpc) is 2.45. The molecule has 1 amide bonds. The van der Waals surface area contributed by atoms with Crippen molar-refractivity contribution in [1.29, 1.82) is 0 Å². The Morgan fingerprint density at radius 3 is 2.43 bits per heavy atom. The lowest BCUT2D eigenvalue weighted by atomic mass is 10.2. The van der Waals surface area contributed by atoms with Crippen LogP contribution in [0.2, 0.25) is 0 Å². The van der Waals surface area contributed by atoms with Crippen molar-refractivity contribution in [2.24, 2.45) is 0 Å². The summed E-state index contributed by atoms with van der Waals surface area (Å²) >= 11 is 3.35. The molecule has 0 radical (unpaired) electrons. The van der Waals surface area contributed by atoms with Crippen molar-refractivity contribution in [3.05, 3.63) is 28.7 Å². The standard InChI is InChI=1S/C15H20BrNO4/c1-17(14(18)4-2-3-5-15(19)20)10-11-21-13-8-6-12(16)7-9-13/h6-9H,2-5,10-11H2,1H3,(H,19,20). The number of carboxylic acid groups (broad SMARTS) is 1. The molecule has 1 aromatic rings. The van der Waals surface area contributed by atoms with Gasteiger partial charge < -0.3 is 14.7 Å². The summed E-state index contributed by atoms with van der Waals surface area (Å²) in [4.78, 5) is 23.8. The molecule has 0 aliphatic heterocycles. The van der Waals surface area contributed by atoms with Crippen molar-refractivity contribution in [3.8, 4) is 5.75 Å². The van der Waals surface area contributed by atoms with Crippen LogP contribution in [0.5, 0.6) is 5.75 Å². The van der Waals surface area contributed by atoms with Crippen LogP contribution >= 0.6 is 15.9 Å². The number of carbonyl (C=O) groups excluding carboxylic acids is 1. The Balaban J connectivity index is 2.17. The van der Waals surface area contributed by atoms with E-state index in [1.165, 1.54) is 0 Å². The van der Waals surface area contributed by atoms with E-state index in [0.717, 1.165) is 10.2 Å². The molecule has 1 rings (SSSR count). The maximum Gasteiger partial charge on any atom is 0.303 e. The maximum absolute atomic E-state index is 11.8. The van der Waals surface area contributed by atoms with Gasteiger partial charge in [0.2, 0.25) is 5.91 Å². The molecule has 0 fully saturated rings. The largest absolute Gasteiger partial charge is 0.492 e. The molecule has 116 valence electrons. The second-order valence-corrected chi connectivity index (χ2v) is 5.63. The van der Waals surface area contributed by atoms with E-state index >= 15 is 0 Å². The highest BCUT2D eigenvalue weighted by Crippen LogP contribution is 2.15. The van der Waals surface area contributed by atoms with Gasteiger partial charge in [0.25, 0.3) is 0 Å². The van der Waals surface area contributed by atoms with Gasteiger partial charge in [-0.3, -0.25) is 9.59 Å². The van der Waals surface area contributed by atoms with Crippen LogP contribution in [0.3, 0.4) is 0 Å². The molecular formula is C15H20BrNO4. The van der Waals surface area contributed by atoms with E-state index in [1.807, 2.05) is 24.3 Å². The van der Waals surface area contributed by atoms with Gasteiger partial charge in [-0.1, -0.05) is 15.9 Å². The second-order valence-electron chi connectivity index (χ2n) is 4.72. The molecule has 1 aromatic carbocycles. The normalized spacial score (nSPS) is 10.2. The van der Waals surface area contributed by atoms with Gasteiger partial charge in [0.1, 0.15) is 12.4 Å². The number of hydrogen-bond donors (Lipinski definition) is 1. The molecule has 0 atom stereocenters.